The molecule has 2 aromatic rings. The fraction of sp³-hybridized carbons (Fsp3) is 0.0667. The van der Waals surface area contributed by atoms with Gasteiger partial charge in [0.05, 0.1) is 10.5 Å². The summed E-state index contributed by atoms with van der Waals surface area (Å²) >= 11 is 0.617. The van der Waals surface area contributed by atoms with Gasteiger partial charge in [-0.05, 0) is 36.0 Å². The molecule has 108 valence electrons. The monoisotopic (exact) mass is 310 g/mol. The predicted octanol–water partition coefficient (Wildman–Crippen LogP) is 4.00. The maximum absolute atomic E-state index is 12.6. The molecule has 2 nitrogen and oxygen atoms in total. The molecule has 0 fully saturated rings. The lowest BCUT2D eigenvalue weighted by molar-refractivity contribution is -0.137. The van der Waals surface area contributed by atoms with Gasteiger partial charge in [0.15, 0.2) is 5.43 Å². The molecule has 0 atom stereocenters. The minimum atomic E-state index is -4.51. The molecule has 0 aliphatic heterocycles. The zero-order valence-electron chi connectivity index (χ0n) is 10.6. The van der Waals surface area contributed by atoms with Gasteiger partial charge in [-0.3, -0.25) is 9.59 Å². The first-order valence-electron chi connectivity index (χ1n) is 5.87. The summed E-state index contributed by atoms with van der Waals surface area (Å²) < 4.78 is 37.8. The van der Waals surface area contributed by atoms with Crippen molar-refractivity contribution in [3.63, 3.8) is 0 Å². The lowest BCUT2D eigenvalue weighted by atomic mass is 10.1. The van der Waals surface area contributed by atoms with Crippen LogP contribution in [0.2, 0.25) is 0 Å². The normalized spacial score (nSPS) is 11.2. The molecule has 0 unspecified atom stereocenters. The minimum Gasteiger partial charge on any atom is -0.289 e. The van der Waals surface area contributed by atoms with E-state index in [-0.39, 0.29) is 15.9 Å². The molecule has 0 aromatic heterocycles. The van der Waals surface area contributed by atoms with Gasteiger partial charge < -0.3 is 0 Å². The average molecular weight is 310 g/mol. The van der Waals surface area contributed by atoms with Crippen molar-refractivity contribution in [2.75, 3.05) is 0 Å². The van der Waals surface area contributed by atoms with Gasteiger partial charge in [-0.1, -0.05) is 30.3 Å². The first-order valence-corrected chi connectivity index (χ1v) is 6.68. The number of benzene rings is 1. The number of carbonyl (C=O) groups is 1. The summed E-state index contributed by atoms with van der Waals surface area (Å²) in [6.07, 6.45) is -4.51. The van der Waals surface area contributed by atoms with Crippen molar-refractivity contribution in [1.29, 1.82) is 0 Å². The second kappa shape index (κ2) is 6.13. The molecule has 0 saturated heterocycles. The van der Waals surface area contributed by atoms with E-state index in [0.717, 1.165) is 12.1 Å². The Morgan fingerprint density at radius 1 is 0.952 bits per heavy atom. The fourth-order valence-electron chi connectivity index (χ4n) is 1.58. The van der Waals surface area contributed by atoms with E-state index in [4.69, 9.17) is 0 Å². The number of rotatable bonds is 2. The average Bonchev–Trinajstić information content (AvgIpc) is 2.63. The van der Waals surface area contributed by atoms with Crippen LogP contribution in [-0.2, 0) is 6.18 Å². The Kier molecular flexibility index (Phi) is 4.47. The molecule has 0 aliphatic carbocycles. The number of halogens is 3. The van der Waals surface area contributed by atoms with Crippen LogP contribution in [0.25, 0.3) is 0 Å². The number of hydrogen-bond acceptors (Lipinski definition) is 3. The largest absolute Gasteiger partial charge is 0.416 e. The first kappa shape index (κ1) is 15.3. The third-order valence-electron chi connectivity index (χ3n) is 2.59. The van der Waals surface area contributed by atoms with E-state index in [2.05, 4.69) is 0 Å². The Balaban J connectivity index is 2.30. The molecule has 6 heteroatoms. The van der Waals surface area contributed by atoms with Gasteiger partial charge in [0.25, 0.3) is 0 Å². The number of hydrogen-bond donors (Lipinski definition) is 0. The van der Waals surface area contributed by atoms with E-state index in [9.17, 15) is 22.8 Å². The Morgan fingerprint density at radius 2 is 1.67 bits per heavy atom. The van der Waals surface area contributed by atoms with Crippen LogP contribution in [0.3, 0.4) is 0 Å². The molecule has 0 bridgehead atoms. The molecular weight excluding hydrogens is 301 g/mol. The van der Waals surface area contributed by atoms with Gasteiger partial charge in [0.2, 0.25) is 5.12 Å². The lowest BCUT2D eigenvalue weighted by Gasteiger charge is -2.07. The van der Waals surface area contributed by atoms with Gasteiger partial charge in [-0.2, -0.15) is 13.2 Å². The highest BCUT2D eigenvalue weighted by molar-refractivity contribution is 8.14. The summed E-state index contributed by atoms with van der Waals surface area (Å²) in [4.78, 5) is 23.8. The molecule has 0 heterocycles. The minimum absolute atomic E-state index is 0.0965. The molecule has 2 rings (SSSR count). The first-order chi connectivity index (χ1) is 9.88. The van der Waals surface area contributed by atoms with Gasteiger partial charge >= 0.3 is 6.18 Å². The summed E-state index contributed by atoms with van der Waals surface area (Å²) in [5, 5.41) is -0.607. The molecule has 0 spiro atoms. The highest BCUT2D eigenvalue weighted by atomic mass is 32.2. The van der Waals surface area contributed by atoms with E-state index < -0.39 is 16.9 Å². The summed E-state index contributed by atoms with van der Waals surface area (Å²) in [6, 6.07) is 11.6. The Labute approximate surface area is 122 Å². The Morgan fingerprint density at radius 3 is 2.38 bits per heavy atom. The summed E-state index contributed by atoms with van der Waals surface area (Å²) in [5.41, 5.74) is -1.35. The van der Waals surface area contributed by atoms with Crippen LogP contribution in [0.15, 0.2) is 64.3 Å². The van der Waals surface area contributed by atoms with Gasteiger partial charge in [0.1, 0.15) is 0 Å². The second-order valence-electron chi connectivity index (χ2n) is 4.11. The van der Waals surface area contributed by atoms with Crippen LogP contribution < -0.4 is 5.43 Å². The molecule has 0 N–H and O–H groups in total. The molecule has 0 radical (unpaired) electrons. The van der Waals surface area contributed by atoms with E-state index in [1.165, 1.54) is 30.3 Å². The molecule has 21 heavy (non-hydrogen) atoms. The Bertz CT molecular complexity index is 726. The van der Waals surface area contributed by atoms with Crippen LogP contribution in [0.5, 0.6) is 0 Å². The number of alkyl halides is 3. The maximum Gasteiger partial charge on any atom is 0.416 e. The Hall–Kier alpha value is -2.08. The van der Waals surface area contributed by atoms with Crippen molar-refractivity contribution < 1.29 is 18.0 Å². The molecule has 0 saturated carbocycles. The second-order valence-corrected chi connectivity index (χ2v) is 5.12. The van der Waals surface area contributed by atoms with Crippen LogP contribution >= 0.6 is 11.8 Å². The van der Waals surface area contributed by atoms with Crippen LogP contribution in [0, 0.1) is 0 Å². The van der Waals surface area contributed by atoms with E-state index >= 15 is 0 Å². The zero-order chi connectivity index (χ0) is 15.5. The van der Waals surface area contributed by atoms with Crippen molar-refractivity contribution >= 4 is 16.9 Å². The smallest absolute Gasteiger partial charge is 0.289 e. The number of thioether (sulfide) groups is 1. The summed E-state index contributed by atoms with van der Waals surface area (Å²) in [6.45, 7) is 0. The summed E-state index contributed by atoms with van der Waals surface area (Å²) in [5.74, 6) is 0. The van der Waals surface area contributed by atoms with Crippen molar-refractivity contribution in [3.8, 4) is 0 Å². The molecule has 2 aromatic carbocycles. The standard InChI is InChI=1S/C15H9F3O2S/c16-15(17,18)11-6-4-5-10(9-11)14(20)21-13-8-3-1-2-7-12(13)19/h1-9H. The summed E-state index contributed by atoms with van der Waals surface area (Å²) in [7, 11) is 0. The third-order valence-corrected chi connectivity index (χ3v) is 3.57. The van der Waals surface area contributed by atoms with Crippen LogP contribution in [0.4, 0.5) is 13.2 Å². The lowest BCUT2D eigenvalue weighted by Crippen LogP contribution is -2.07. The number of carbonyl (C=O) groups excluding carboxylic acids is 1. The quantitative estimate of drug-likeness (QED) is 0.786. The highest BCUT2D eigenvalue weighted by Gasteiger charge is 2.30. The van der Waals surface area contributed by atoms with Crippen molar-refractivity contribution in [3.05, 3.63) is 75.9 Å². The van der Waals surface area contributed by atoms with Crippen LogP contribution in [-0.4, -0.2) is 5.12 Å². The van der Waals surface area contributed by atoms with Crippen LogP contribution in [0.1, 0.15) is 15.9 Å². The third kappa shape index (κ3) is 3.95. The predicted molar refractivity (Wildman–Crippen MR) is 74.3 cm³/mol. The van der Waals surface area contributed by atoms with Crippen molar-refractivity contribution in [1.82, 2.24) is 0 Å². The SMILES string of the molecule is O=C(Sc1cccccc1=O)c1cccc(C(F)(F)F)c1. The topological polar surface area (TPSA) is 34.1 Å². The van der Waals surface area contributed by atoms with E-state index in [1.807, 2.05) is 0 Å². The molecule has 0 amide bonds. The molecular formula is C15H9F3O2S. The molecule has 0 aliphatic rings. The van der Waals surface area contributed by atoms with Gasteiger partial charge in [-0.25, -0.2) is 0 Å². The van der Waals surface area contributed by atoms with E-state index in [0.29, 0.717) is 11.8 Å². The zero-order valence-corrected chi connectivity index (χ0v) is 11.4. The van der Waals surface area contributed by atoms with Crippen molar-refractivity contribution in [2.24, 2.45) is 0 Å². The van der Waals surface area contributed by atoms with Gasteiger partial charge in [-0.15, -0.1) is 0 Å². The van der Waals surface area contributed by atoms with Gasteiger partial charge in [0, 0.05) is 5.56 Å². The fourth-order valence-corrected chi connectivity index (χ4v) is 2.34. The van der Waals surface area contributed by atoms with E-state index in [1.54, 1.807) is 12.1 Å². The maximum atomic E-state index is 12.6. The highest BCUT2D eigenvalue weighted by Crippen LogP contribution is 2.30. The van der Waals surface area contributed by atoms with Crippen molar-refractivity contribution in [2.45, 2.75) is 11.1 Å².